The van der Waals surface area contributed by atoms with Crippen molar-refractivity contribution in [2.45, 2.75) is 78.4 Å². The van der Waals surface area contributed by atoms with Crippen LogP contribution in [-0.4, -0.2) is 85.0 Å². The molecule has 0 heterocycles. The number of amides is 4. The van der Waals surface area contributed by atoms with E-state index in [-0.39, 0.29) is 34.9 Å². The van der Waals surface area contributed by atoms with Crippen molar-refractivity contribution < 1.29 is 33.3 Å². The van der Waals surface area contributed by atoms with Gasteiger partial charge in [-0.3, -0.25) is 28.5 Å². The van der Waals surface area contributed by atoms with Gasteiger partial charge in [0.15, 0.2) is 11.8 Å². The number of nitrogens with one attached hydrogen (secondary N) is 3. The van der Waals surface area contributed by atoms with Crippen molar-refractivity contribution in [3.63, 3.8) is 0 Å². The van der Waals surface area contributed by atoms with Gasteiger partial charge in [-0.15, -0.1) is 0 Å². The van der Waals surface area contributed by atoms with Crippen LogP contribution < -0.4 is 21.7 Å². The van der Waals surface area contributed by atoms with Crippen molar-refractivity contribution in [2.75, 3.05) is 27.2 Å². The molecule has 4 amide bonds. The molecule has 0 aliphatic heterocycles. The van der Waals surface area contributed by atoms with Gasteiger partial charge in [-0.2, -0.15) is 0 Å². The van der Waals surface area contributed by atoms with E-state index in [4.69, 9.17) is 5.73 Å². The van der Waals surface area contributed by atoms with Gasteiger partial charge < -0.3 is 21.7 Å². The lowest BCUT2D eigenvalue weighted by atomic mass is 10.0. The number of rotatable bonds is 15. The first-order valence-corrected chi connectivity index (χ1v) is 11.6. The van der Waals surface area contributed by atoms with Gasteiger partial charge in [-0.05, 0) is 39.7 Å². The van der Waals surface area contributed by atoms with E-state index in [2.05, 4.69) is 16.0 Å². The smallest absolute Gasteiger partial charge is 0.336 e. The average molecular weight is 485 g/mol. The van der Waals surface area contributed by atoms with Crippen LogP contribution in [0.5, 0.6) is 0 Å². The number of carbonyl (C=O) groups excluding carboxylic acids is 6. The van der Waals surface area contributed by atoms with Crippen LogP contribution in [0.3, 0.4) is 0 Å². The zero-order chi connectivity index (χ0) is 26.6. The molecule has 5 N–H and O–H groups in total. The zero-order valence-electron chi connectivity index (χ0n) is 21.5. The SMILES string of the molecule is CC(=O)C[C@@H](C(C)=O)[N+](C)(C)C(=O)[C@@H](C)NC(=O)[C@H](C)CNC(=O)[C@H](CCCCN)NC(C)=O. The molecule has 0 rings (SSSR count). The summed E-state index contributed by atoms with van der Waals surface area (Å²) in [4.78, 5) is 73.1. The zero-order valence-corrected chi connectivity index (χ0v) is 21.5. The Kier molecular flexibility index (Phi) is 13.4. The maximum absolute atomic E-state index is 13.0. The second kappa shape index (κ2) is 14.6. The van der Waals surface area contributed by atoms with E-state index in [9.17, 15) is 28.8 Å². The summed E-state index contributed by atoms with van der Waals surface area (Å²) >= 11 is 0. The molecule has 0 aliphatic rings. The van der Waals surface area contributed by atoms with E-state index in [0.717, 1.165) is 6.42 Å². The van der Waals surface area contributed by atoms with Crippen LogP contribution in [0.1, 0.15) is 60.3 Å². The van der Waals surface area contributed by atoms with Crippen molar-refractivity contribution in [3.05, 3.63) is 0 Å². The van der Waals surface area contributed by atoms with Gasteiger partial charge in [0.25, 0.3) is 0 Å². The van der Waals surface area contributed by atoms with E-state index in [0.29, 0.717) is 19.4 Å². The highest BCUT2D eigenvalue weighted by Gasteiger charge is 2.42. The minimum Gasteiger partial charge on any atom is -0.354 e. The van der Waals surface area contributed by atoms with E-state index >= 15 is 0 Å². The summed E-state index contributed by atoms with van der Waals surface area (Å²) < 4.78 is -0.372. The normalized spacial score (nSPS) is 14.8. The van der Waals surface area contributed by atoms with Gasteiger partial charge in [0.1, 0.15) is 17.9 Å². The number of nitrogens with two attached hydrogens (primary N) is 1. The van der Waals surface area contributed by atoms with Gasteiger partial charge >= 0.3 is 5.91 Å². The number of quaternary nitrogens is 1. The van der Waals surface area contributed by atoms with Crippen molar-refractivity contribution in [1.82, 2.24) is 16.0 Å². The number of hydrogen-bond acceptors (Lipinski definition) is 7. The van der Waals surface area contributed by atoms with Gasteiger partial charge in [0, 0.05) is 20.4 Å². The Bertz CT molecular complexity index is 767. The molecular formula is C23H42N5O6+. The fourth-order valence-electron chi connectivity index (χ4n) is 3.65. The molecular weight excluding hydrogens is 442 g/mol. The lowest BCUT2D eigenvalue weighted by Crippen LogP contribution is -2.62. The summed E-state index contributed by atoms with van der Waals surface area (Å²) in [5.74, 6) is -2.76. The largest absolute Gasteiger partial charge is 0.354 e. The van der Waals surface area contributed by atoms with Crippen LogP contribution in [0.4, 0.5) is 0 Å². The molecule has 0 saturated carbocycles. The first kappa shape index (κ1) is 31.3. The number of hydrogen-bond donors (Lipinski definition) is 4. The molecule has 0 unspecified atom stereocenters. The molecule has 0 bridgehead atoms. The van der Waals surface area contributed by atoms with Gasteiger partial charge in [-0.25, -0.2) is 4.79 Å². The first-order valence-electron chi connectivity index (χ1n) is 11.6. The Morgan fingerprint density at radius 1 is 0.882 bits per heavy atom. The Hall–Kier alpha value is -2.66. The van der Waals surface area contributed by atoms with Crippen LogP contribution in [0.25, 0.3) is 0 Å². The van der Waals surface area contributed by atoms with Crippen LogP contribution in [0.15, 0.2) is 0 Å². The molecule has 4 atom stereocenters. The number of unbranched alkanes of at least 4 members (excludes halogenated alkanes) is 1. The van der Waals surface area contributed by atoms with Crippen LogP contribution in [0, 0.1) is 5.92 Å². The maximum Gasteiger partial charge on any atom is 0.336 e. The van der Waals surface area contributed by atoms with Crippen molar-refractivity contribution in [2.24, 2.45) is 11.7 Å². The molecule has 0 aromatic heterocycles. The molecule has 11 heteroatoms. The molecule has 11 nitrogen and oxygen atoms in total. The van der Waals surface area contributed by atoms with E-state index < -0.39 is 41.8 Å². The third-order valence-electron chi connectivity index (χ3n) is 5.70. The van der Waals surface area contributed by atoms with Crippen LogP contribution in [0.2, 0.25) is 0 Å². The monoisotopic (exact) mass is 484 g/mol. The lowest BCUT2D eigenvalue weighted by molar-refractivity contribution is -0.830. The second-order valence-electron chi connectivity index (χ2n) is 9.32. The number of likely N-dealkylation sites (N-methyl/N-ethyl adjacent to an activating group) is 1. The third kappa shape index (κ3) is 10.5. The summed E-state index contributed by atoms with van der Waals surface area (Å²) in [5.41, 5.74) is 5.47. The Morgan fingerprint density at radius 3 is 1.94 bits per heavy atom. The molecule has 0 aliphatic carbocycles. The van der Waals surface area contributed by atoms with Crippen molar-refractivity contribution in [3.8, 4) is 0 Å². The van der Waals surface area contributed by atoms with Crippen LogP contribution in [-0.2, 0) is 28.8 Å². The van der Waals surface area contributed by atoms with Gasteiger partial charge in [0.05, 0.1) is 26.4 Å². The summed E-state index contributed by atoms with van der Waals surface area (Å²) in [6.45, 7) is 7.63. The quantitative estimate of drug-likeness (QED) is 0.178. The highest BCUT2D eigenvalue weighted by molar-refractivity contribution is 5.91. The first-order chi connectivity index (χ1) is 15.6. The number of nitrogens with zero attached hydrogens (tertiary/aromatic N) is 1. The van der Waals surface area contributed by atoms with Crippen LogP contribution >= 0.6 is 0 Å². The predicted molar refractivity (Wildman–Crippen MR) is 127 cm³/mol. The fourth-order valence-corrected chi connectivity index (χ4v) is 3.65. The van der Waals surface area contributed by atoms with E-state index in [1.165, 1.54) is 41.8 Å². The Balaban J connectivity index is 5.03. The second-order valence-corrected chi connectivity index (χ2v) is 9.32. The minimum absolute atomic E-state index is 0.0111. The minimum atomic E-state index is -0.919. The van der Waals surface area contributed by atoms with Gasteiger partial charge in [-0.1, -0.05) is 6.92 Å². The number of ketones is 2. The summed E-state index contributed by atoms with van der Waals surface area (Å²) in [7, 11) is 3.08. The Morgan fingerprint density at radius 2 is 1.47 bits per heavy atom. The van der Waals surface area contributed by atoms with E-state index in [1.54, 1.807) is 6.92 Å². The Labute approximate surface area is 202 Å². The molecule has 0 fully saturated rings. The van der Waals surface area contributed by atoms with Gasteiger partial charge in [0.2, 0.25) is 17.7 Å². The third-order valence-corrected chi connectivity index (χ3v) is 5.70. The summed E-state index contributed by atoms with van der Waals surface area (Å²) in [6, 6.07) is -2.48. The molecule has 0 radical (unpaired) electrons. The standard InChI is InChI=1S/C23H41N5O6/c1-14(13-25-22(33)19(27-18(5)31)10-8-9-11-24)21(32)26-16(3)23(34)28(6,7)20(17(4)30)12-15(2)29/h14,16,19-20H,8-13,24H2,1-7H3,(H2-,25,26,27,31,32,33)/p+1/t14-,16-,19+,20+/m1/s1. The number of Topliss-reactive ketones (excluding diaryl/α,β-unsaturated/α-hetero) is 2. The van der Waals surface area contributed by atoms with Crippen molar-refractivity contribution >= 4 is 35.2 Å². The average Bonchev–Trinajstić information content (AvgIpc) is 2.73. The topological polar surface area (TPSA) is 165 Å². The summed E-state index contributed by atoms with van der Waals surface area (Å²) in [5, 5.41) is 7.89. The summed E-state index contributed by atoms with van der Waals surface area (Å²) in [6.07, 6.45) is 1.75. The molecule has 194 valence electrons. The molecule has 34 heavy (non-hydrogen) atoms. The lowest BCUT2D eigenvalue weighted by Gasteiger charge is -2.35. The fraction of sp³-hybridized carbons (Fsp3) is 0.739. The number of carbonyl (C=O) groups is 6. The molecule has 0 aromatic carbocycles. The maximum atomic E-state index is 13.0. The molecule has 0 spiro atoms. The molecule has 0 saturated heterocycles. The van der Waals surface area contributed by atoms with E-state index in [1.807, 2.05) is 0 Å². The highest BCUT2D eigenvalue weighted by atomic mass is 16.2. The van der Waals surface area contributed by atoms with Crippen molar-refractivity contribution in [1.29, 1.82) is 0 Å². The predicted octanol–water partition coefficient (Wildman–Crippen LogP) is -0.583. The highest BCUT2D eigenvalue weighted by Crippen LogP contribution is 2.15. The molecule has 0 aromatic rings.